The topological polar surface area (TPSA) is 86.1 Å². The SMILES string of the molecule is COc1cc(CN2CCC(NC(=O)C34CCCC(CN)(C3)OC4)C2)cc(OC)c1. The number of rotatable bonds is 7. The number of carbonyl (C=O) groups is 1. The van der Waals surface area contributed by atoms with Gasteiger partial charge >= 0.3 is 0 Å². The van der Waals surface area contributed by atoms with Crippen molar-refractivity contribution >= 4 is 5.91 Å². The largest absolute Gasteiger partial charge is 0.497 e. The number of methoxy groups -OCH3 is 2. The fourth-order valence-corrected chi connectivity index (χ4v) is 5.22. The molecule has 3 unspecified atom stereocenters. The highest BCUT2D eigenvalue weighted by Gasteiger charge is 2.55. The number of ether oxygens (including phenoxy) is 3. The van der Waals surface area contributed by atoms with E-state index in [-0.39, 0.29) is 23.0 Å². The van der Waals surface area contributed by atoms with E-state index in [4.69, 9.17) is 19.9 Å². The van der Waals surface area contributed by atoms with Gasteiger partial charge in [0.05, 0.1) is 31.8 Å². The molecule has 2 saturated heterocycles. The number of fused-ring (bicyclic) bond motifs is 2. The maximum atomic E-state index is 13.1. The van der Waals surface area contributed by atoms with Gasteiger partial charge < -0.3 is 25.3 Å². The van der Waals surface area contributed by atoms with Gasteiger partial charge in [-0.05, 0) is 49.8 Å². The molecule has 3 N–H and O–H groups in total. The Labute approximate surface area is 172 Å². The first-order valence-electron chi connectivity index (χ1n) is 10.6. The zero-order valence-corrected chi connectivity index (χ0v) is 17.5. The number of benzene rings is 1. The molecule has 1 aliphatic carbocycles. The molecule has 1 aromatic carbocycles. The van der Waals surface area contributed by atoms with E-state index in [1.807, 2.05) is 18.2 Å². The van der Waals surface area contributed by atoms with Crippen molar-refractivity contribution in [3.63, 3.8) is 0 Å². The summed E-state index contributed by atoms with van der Waals surface area (Å²) in [5.41, 5.74) is 6.44. The zero-order chi connectivity index (χ0) is 20.5. The number of hydrogen-bond acceptors (Lipinski definition) is 6. The predicted molar refractivity (Wildman–Crippen MR) is 110 cm³/mol. The molecule has 2 bridgehead atoms. The second-order valence-electron chi connectivity index (χ2n) is 8.90. The predicted octanol–water partition coefficient (Wildman–Crippen LogP) is 1.68. The Hall–Kier alpha value is -1.83. The normalized spacial score (nSPS) is 31.6. The van der Waals surface area contributed by atoms with E-state index >= 15 is 0 Å². The van der Waals surface area contributed by atoms with Crippen LogP contribution in [0.15, 0.2) is 18.2 Å². The number of hydrogen-bond donors (Lipinski definition) is 2. The van der Waals surface area contributed by atoms with Crippen molar-refractivity contribution in [2.24, 2.45) is 11.1 Å². The Morgan fingerprint density at radius 1 is 1.28 bits per heavy atom. The van der Waals surface area contributed by atoms with Gasteiger partial charge in [-0.3, -0.25) is 9.69 Å². The van der Waals surface area contributed by atoms with Crippen molar-refractivity contribution in [1.82, 2.24) is 10.2 Å². The maximum Gasteiger partial charge on any atom is 0.228 e. The lowest BCUT2D eigenvalue weighted by Gasteiger charge is -2.36. The first-order chi connectivity index (χ1) is 14.0. The number of likely N-dealkylation sites (tertiary alicyclic amines) is 1. The molecule has 3 aliphatic rings. The summed E-state index contributed by atoms with van der Waals surface area (Å²) in [5, 5.41) is 3.32. The first-order valence-corrected chi connectivity index (χ1v) is 10.6. The van der Waals surface area contributed by atoms with Gasteiger partial charge in [-0.2, -0.15) is 0 Å². The minimum Gasteiger partial charge on any atom is -0.497 e. The smallest absolute Gasteiger partial charge is 0.228 e. The molecule has 0 spiro atoms. The van der Waals surface area contributed by atoms with Gasteiger partial charge in [0.25, 0.3) is 0 Å². The van der Waals surface area contributed by atoms with Crippen molar-refractivity contribution in [3.05, 3.63) is 23.8 Å². The molecule has 3 fully saturated rings. The van der Waals surface area contributed by atoms with Crippen LogP contribution in [0.3, 0.4) is 0 Å². The molecule has 7 nitrogen and oxygen atoms in total. The highest BCUT2D eigenvalue weighted by atomic mass is 16.5. The molecular formula is C22H33N3O4. The third kappa shape index (κ3) is 4.09. The van der Waals surface area contributed by atoms with Crippen LogP contribution in [0.4, 0.5) is 0 Å². The maximum absolute atomic E-state index is 13.1. The van der Waals surface area contributed by atoms with Crippen molar-refractivity contribution in [2.75, 3.05) is 40.5 Å². The van der Waals surface area contributed by atoms with Gasteiger partial charge in [0.15, 0.2) is 0 Å². The van der Waals surface area contributed by atoms with E-state index in [2.05, 4.69) is 10.2 Å². The Morgan fingerprint density at radius 2 is 2.03 bits per heavy atom. The van der Waals surface area contributed by atoms with Crippen molar-refractivity contribution < 1.29 is 19.0 Å². The summed E-state index contributed by atoms with van der Waals surface area (Å²) in [7, 11) is 3.33. The average molecular weight is 404 g/mol. The van der Waals surface area contributed by atoms with Crippen LogP contribution in [-0.2, 0) is 16.1 Å². The van der Waals surface area contributed by atoms with Gasteiger partial charge in [-0.1, -0.05) is 0 Å². The summed E-state index contributed by atoms with van der Waals surface area (Å²) < 4.78 is 16.8. The van der Waals surface area contributed by atoms with Crippen LogP contribution in [-0.4, -0.2) is 62.9 Å². The second-order valence-corrected chi connectivity index (χ2v) is 8.90. The van der Waals surface area contributed by atoms with Crippen LogP contribution >= 0.6 is 0 Å². The van der Waals surface area contributed by atoms with Crippen LogP contribution in [0, 0.1) is 5.41 Å². The van der Waals surface area contributed by atoms with E-state index in [1.54, 1.807) is 14.2 Å². The zero-order valence-electron chi connectivity index (χ0n) is 17.5. The van der Waals surface area contributed by atoms with Crippen LogP contribution < -0.4 is 20.5 Å². The molecule has 160 valence electrons. The molecule has 1 amide bonds. The number of nitrogens with zero attached hydrogens (tertiary/aromatic N) is 1. The molecule has 0 aromatic heterocycles. The van der Waals surface area contributed by atoms with Gasteiger partial charge in [-0.25, -0.2) is 0 Å². The summed E-state index contributed by atoms with van der Waals surface area (Å²) in [6.45, 7) is 3.63. The summed E-state index contributed by atoms with van der Waals surface area (Å²) in [5.74, 6) is 1.75. The van der Waals surface area contributed by atoms with E-state index in [0.717, 1.165) is 68.8 Å². The number of nitrogens with two attached hydrogens (primary N) is 1. The third-order valence-corrected chi connectivity index (χ3v) is 6.88. The quantitative estimate of drug-likeness (QED) is 0.721. The molecule has 29 heavy (non-hydrogen) atoms. The molecule has 2 aliphatic heterocycles. The standard InChI is InChI=1S/C22H33N3O4/c1-27-18-8-16(9-19(10-18)28-2)11-25-7-4-17(12-25)24-20(26)21-5-3-6-22(13-21,14-23)29-15-21/h8-10,17H,3-7,11-15,23H2,1-2H3,(H,24,26). The van der Waals surface area contributed by atoms with Gasteiger partial charge in [-0.15, -0.1) is 0 Å². The average Bonchev–Trinajstić information content (AvgIpc) is 3.29. The van der Waals surface area contributed by atoms with Crippen LogP contribution in [0.5, 0.6) is 11.5 Å². The number of carbonyl (C=O) groups excluding carboxylic acids is 1. The number of nitrogens with one attached hydrogen (secondary N) is 1. The highest BCUT2D eigenvalue weighted by Crippen LogP contribution is 2.49. The molecule has 0 radical (unpaired) electrons. The van der Waals surface area contributed by atoms with E-state index < -0.39 is 0 Å². The Morgan fingerprint density at radius 3 is 2.72 bits per heavy atom. The van der Waals surface area contributed by atoms with Gasteiger partial charge in [0, 0.05) is 38.3 Å². The minimum absolute atomic E-state index is 0.155. The van der Waals surface area contributed by atoms with E-state index in [9.17, 15) is 4.79 Å². The molecule has 4 rings (SSSR count). The highest BCUT2D eigenvalue weighted by molar-refractivity contribution is 5.83. The van der Waals surface area contributed by atoms with Crippen LogP contribution in [0.2, 0.25) is 0 Å². The van der Waals surface area contributed by atoms with Crippen molar-refractivity contribution in [2.45, 2.75) is 50.3 Å². The van der Waals surface area contributed by atoms with Crippen molar-refractivity contribution in [1.29, 1.82) is 0 Å². The van der Waals surface area contributed by atoms with E-state index in [1.165, 1.54) is 0 Å². The van der Waals surface area contributed by atoms with E-state index in [0.29, 0.717) is 13.2 Å². The second kappa shape index (κ2) is 8.13. The molecule has 2 heterocycles. The summed E-state index contributed by atoms with van der Waals surface area (Å²) in [6.07, 6.45) is 4.62. The lowest BCUT2D eigenvalue weighted by atomic mass is 9.70. The van der Waals surface area contributed by atoms with Gasteiger partial charge in [0.2, 0.25) is 5.91 Å². The Balaban J connectivity index is 1.34. The lowest BCUT2D eigenvalue weighted by Crippen LogP contribution is -2.50. The first kappa shape index (κ1) is 20.4. The summed E-state index contributed by atoms with van der Waals surface area (Å²) in [6, 6.07) is 6.14. The number of amides is 1. The molecule has 7 heteroatoms. The fourth-order valence-electron chi connectivity index (χ4n) is 5.22. The molecule has 1 saturated carbocycles. The fraction of sp³-hybridized carbons (Fsp3) is 0.682. The van der Waals surface area contributed by atoms with Crippen LogP contribution in [0.1, 0.15) is 37.7 Å². The van der Waals surface area contributed by atoms with Crippen LogP contribution in [0.25, 0.3) is 0 Å². The lowest BCUT2D eigenvalue weighted by molar-refractivity contribution is -0.132. The molecular weight excluding hydrogens is 370 g/mol. The third-order valence-electron chi connectivity index (χ3n) is 6.88. The molecule has 3 atom stereocenters. The van der Waals surface area contributed by atoms with Crippen molar-refractivity contribution in [3.8, 4) is 11.5 Å². The Kier molecular flexibility index (Phi) is 5.73. The van der Waals surface area contributed by atoms with Gasteiger partial charge in [0.1, 0.15) is 11.5 Å². The molecule has 1 aromatic rings. The Bertz CT molecular complexity index is 735. The monoisotopic (exact) mass is 403 g/mol. The minimum atomic E-state index is -0.384. The summed E-state index contributed by atoms with van der Waals surface area (Å²) >= 11 is 0. The summed E-state index contributed by atoms with van der Waals surface area (Å²) in [4.78, 5) is 15.5.